The van der Waals surface area contributed by atoms with E-state index in [2.05, 4.69) is 32.6 Å². The highest BCUT2D eigenvalue weighted by Gasteiger charge is 2.49. The van der Waals surface area contributed by atoms with E-state index in [1.165, 1.54) is 5.01 Å². The van der Waals surface area contributed by atoms with Crippen molar-refractivity contribution in [1.29, 1.82) is 0 Å². The van der Waals surface area contributed by atoms with Crippen molar-refractivity contribution in [2.24, 2.45) is 5.10 Å². The van der Waals surface area contributed by atoms with Crippen LogP contribution in [0.2, 0.25) is 0 Å². The number of carbonyl (C=O) groups is 2. The van der Waals surface area contributed by atoms with Crippen LogP contribution < -0.4 is 10.6 Å². The Bertz CT molecular complexity index is 1010. The zero-order valence-corrected chi connectivity index (χ0v) is 21.2. The van der Waals surface area contributed by atoms with E-state index in [-0.39, 0.29) is 11.9 Å². The second kappa shape index (κ2) is 12.6. The zero-order chi connectivity index (χ0) is 25.2. The Morgan fingerprint density at radius 1 is 0.889 bits per heavy atom. The molecule has 1 unspecified atom stereocenters. The molecule has 0 spiro atoms. The van der Waals surface area contributed by atoms with Crippen molar-refractivity contribution in [2.75, 3.05) is 52.9 Å². The van der Waals surface area contributed by atoms with Crippen LogP contribution in [-0.4, -0.2) is 91.4 Å². The lowest BCUT2D eigenvalue weighted by molar-refractivity contribution is -0.131. The van der Waals surface area contributed by atoms with Crippen LogP contribution in [0.25, 0.3) is 0 Å². The molecule has 192 valence electrons. The normalized spacial score (nSPS) is 20.4. The number of amides is 3. The fourth-order valence-electron chi connectivity index (χ4n) is 4.84. The summed E-state index contributed by atoms with van der Waals surface area (Å²) in [5.74, 6) is -0.152. The third kappa shape index (κ3) is 6.71. The summed E-state index contributed by atoms with van der Waals surface area (Å²) in [6, 6.07) is 19.5. The number of nitrogens with zero attached hydrogens (tertiary/aromatic N) is 4. The second-order valence-electron chi connectivity index (χ2n) is 9.73. The molecular weight excluding hydrogens is 452 g/mol. The topological polar surface area (TPSA) is 80.3 Å². The van der Waals surface area contributed by atoms with Gasteiger partial charge in [-0.25, -0.2) is 4.79 Å². The van der Waals surface area contributed by atoms with Gasteiger partial charge in [-0.1, -0.05) is 60.7 Å². The molecule has 0 aromatic heterocycles. The molecule has 0 aliphatic carbocycles. The van der Waals surface area contributed by atoms with E-state index in [1.807, 2.05) is 60.7 Å². The van der Waals surface area contributed by atoms with E-state index in [1.54, 1.807) is 6.21 Å². The molecule has 2 heterocycles. The number of carbonyl (C=O) groups excluding carboxylic acids is 2. The van der Waals surface area contributed by atoms with Crippen molar-refractivity contribution >= 4 is 18.2 Å². The lowest BCUT2D eigenvalue weighted by Crippen LogP contribution is -2.60. The highest BCUT2D eigenvalue weighted by atomic mass is 16.2. The van der Waals surface area contributed by atoms with E-state index in [0.29, 0.717) is 32.4 Å². The van der Waals surface area contributed by atoms with Crippen LogP contribution in [0, 0.1) is 0 Å². The number of likely N-dealkylation sites (N-methyl/N-ethyl adjacent to an activating group) is 1. The maximum atomic E-state index is 13.6. The van der Waals surface area contributed by atoms with Crippen LogP contribution in [-0.2, 0) is 17.6 Å². The molecule has 2 aliphatic rings. The minimum atomic E-state index is -1.08. The number of urea groups is 1. The summed E-state index contributed by atoms with van der Waals surface area (Å²) in [4.78, 5) is 31.6. The number of benzene rings is 2. The van der Waals surface area contributed by atoms with Crippen LogP contribution >= 0.6 is 0 Å². The molecule has 8 nitrogen and oxygen atoms in total. The van der Waals surface area contributed by atoms with Crippen molar-refractivity contribution in [2.45, 2.75) is 31.2 Å². The van der Waals surface area contributed by atoms with E-state index in [9.17, 15) is 9.59 Å². The number of hydrazone groups is 1. The smallest absolute Gasteiger partial charge is 0.338 e. The third-order valence-corrected chi connectivity index (χ3v) is 7.05. The molecule has 8 heteroatoms. The predicted molar refractivity (Wildman–Crippen MR) is 143 cm³/mol. The molecular formula is C28H38N6O2. The first-order chi connectivity index (χ1) is 17.6. The van der Waals surface area contributed by atoms with Gasteiger partial charge in [-0.15, -0.1) is 0 Å². The largest absolute Gasteiger partial charge is 0.354 e. The minimum absolute atomic E-state index is 0.152. The standard InChI is InChI=1S/C28H38N6O2/c1-32-19-21-33(22-20-32)18-8-15-29-26(35)28(23-25-11-6-3-7-12-25)14-17-31-34(28)27(36)30-16-13-24-9-4-2-5-10-24/h2-7,9-12,17H,8,13-16,18-23H2,1H3,(H,29,35)(H,30,36). The molecule has 1 saturated heterocycles. The number of piperazine rings is 1. The second-order valence-corrected chi connectivity index (χ2v) is 9.73. The summed E-state index contributed by atoms with van der Waals surface area (Å²) >= 11 is 0. The average Bonchev–Trinajstić information content (AvgIpc) is 3.33. The van der Waals surface area contributed by atoms with Gasteiger partial charge in [0.1, 0.15) is 0 Å². The number of hydrogen-bond acceptors (Lipinski definition) is 5. The van der Waals surface area contributed by atoms with Gasteiger partial charge in [0, 0.05) is 58.3 Å². The SMILES string of the molecule is CN1CCN(CCCNC(=O)C2(Cc3ccccc3)CC=NN2C(=O)NCCc2ccccc2)CC1. The number of nitrogens with one attached hydrogen (secondary N) is 2. The lowest BCUT2D eigenvalue weighted by atomic mass is 9.87. The van der Waals surface area contributed by atoms with Crippen LogP contribution in [0.3, 0.4) is 0 Å². The quantitative estimate of drug-likeness (QED) is 0.501. The molecule has 3 amide bonds. The van der Waals surface area contributed by atoms with Crippen LogP contribution in [0.4, 0.5) is 4.79 Å². The van der Waals surface area contributed by atoms with Crippen molar-refractivity contribution in [3.63, 3.8) is 0 Å². The van der Waals surface area contributed by atoms with Crippen LogP contribution in [0.1, 0.15) is 24.0 Å². The van der Waals surface area contributed by atoms with Crippen molar-refractivity contribution in [3.8, 4) is 0 Å². The highest BCUT2D eigenvalue weighted by Crippen LogP contribution is 2.30. The molecule has 2 N–H and O–H groups in total. The summed E-state index contributed by atoms with van der Waals surface area (Å²) in [7, 11) is 2.15. The summed E-state index contributed by atoms with van der Waals surface area (Å²) in [5, 5.41) is 11.8. The Morgan fingerprint density at radius 3 is 2.25 bits per heavy atom. The molecule has 0 saturated carbocycles. The Kier molecular flexibility index (Phi) is 9.08. The Balaban J connectivity index is 1.37. The van der Waals surface area contributed by atoms with Crippen molar-refractivity contribution in [1.82, 2.24) is 25.4 Å². The monoisotopic (exact) mass is 490 g/mol. The molecule has 1 fully saturated rings. The van der Waals surface area contributed by atoms with Gasteiger partial charge >= 0.3 is 6.03 Å². The maximum Gasteiger partial charge on any atom is 0.338 e. The molecule has 2 aromatic carbocycles. The Hall–Kier alpha value is -3.23. The maximum absolute atomic E-state index is 13.6. The fourth-order valence-corrected chi connectivity index (χ4v) is 4.84. The van der Waals surface area contributed by atoms with Gasteiger partial charge in [-0.2, -0.15) is 10.1 Å². The van der Waals surface area contributed by atoms with Gasteiger partial charge in [0.15, 0.2) is 5.54 Å². The molecule has 1 atom stereocenters. The summed E-state index contributed by atoms with van der Waals surface area (Å²) in [5.41, 5.74) is 1.07. The van der Waals surface area contributed by atoms with Gasteiger partial charge in [0.05, 0.1) is 0 Å². The molecule has 36 heavy (non-hydrogen) atoms. The fraction of sp³-hybridized carbons (Fsp3) is 0.464. The zero-order valence-electron chi connectivity index (χ0n) is 21.2. The predicted octanol–water partition coefficient (Wildman–Crippen LogP) is 2.37. The summed E-state index contributed by atoms with van der Waals surface area (Å²) in [6.45, 7) is 6.30. The summed E-state index contributed by atoms with van der Waals surface area (Å²) in [6.07, 6.45) is 4.07. The molecule has 0 bridgehead atoms. The van der Waals surface area contributed by atoms with Gasteiger partial charge in [0.25, 0.3) is 0 Å². The third-order valence-electron chi connectivity index (χ3n) is 7.05. The molecule has 2 aliphatic heterocycles. The molecule has 0 radical (unpaired) electrons. The van der Waals surface area contributed by atoms with Gasteiger partial charge < -0.3 is 20.4 Å². The van der Waals surface area contributed by atoms with Crippen LogP contribution in [0.5, 0.6) is 0 Å². The van der Waals surface area contributed by atoms with E-state index in [4.69, 9.17) is 0 Å². The van der Waals surface area contributed by atoms with E-state index >= 15 is 0 Å². The Labute approximate surface area is 214 Å². The first kappa shape index (κ1) is 25.9. The molecule has 4 rings (SSSR count). The minimum Gasteiger partial charge on any atom is -0.354 e. The first-order valence-corrected chi connectivity index (χ1v) is 12.9. The number of rotatable bonds is 10. The van der Waals surface area contributed by atoms with Gasteiger partial charge in [-0.05, 0) is 37.6 Å². The summed E-state index contributed by atoms with van der Waals surface area (Å²) < 4.78 is 0. The van der Waals surface area contributed by atoms with Crippen molar-refractivity contribution in [3.05, 3.63) is 71.8 Å². The lowest BCUT2D eigenvalue weighted by Gasteiger charge is -2.35. The Morgan fingerprint density at radius 2 is 1.56 bits per heavy atom. The van der Waals surface area contributed by atoms with Gasteiger partial charge in [-0.3, -0.25) is 4.79 Å². The van der Waals surface area contributed by atoms with Gasteiger partial charge in [0.2, 0.25) is 5.91 Å². The molecule has 2 aromatic rings. The highest BCUT2D eigenvalue weighted by molar-refractivity contribution is 5.95. The van der Waals surface area contributed by atoms with Crippen LogP contribution in [0.15, 0.2) is 65.8 Å². The van der Waals surface area contributed by atoms with Crippen molar-refractivity contribution < 1.29 is 9.59 Å². The van der Waals surface area contributed by atoms with E-state index in [0.717, 1.165) is 50.3 Å². The number of hydrogen-bond donors (Lipinski definition) is 2. The first-order valence-electron chi connectivity index (χ1n) is 12.9. The van der Waals surface area contributed by atoms with E-state index < -0.39 is 5.54 Å². The average molecular weight is 491 g/mol.